The summed E-state index contributed by atoms with van der Waals surface area (Å²) in [5.74, 6) is 0.766. The lowest BCUT2D eigenvalue weighted by atomic mass is 10.00. The zero-order chi connectivity index (χ0) is 18.5. The second-order valence-electron chi connectivity index (χ2n) is 6.61. The molecule has 3 N–H and O–H groups in total. The topological polar surface area (TPSA) is 98.8 Å². The number of aliphatic hydroxyl groups is 1. The van der Waals surface area contributed by atoms with Gasteiger partial charge in [0.2, 0.25) is 6.79 Å². The van der Waals surface area contributed by atoms with E-state index < -0.39 is 26.4 Å². The summed E-state index contributed by atoms with van der Waals surface area (Å²) in [5, 5.41) is 9.63. The van der Waals surface area contributed by atoms with Crippen LogP contribution in [0.3, 0.4) is 0 Å². The Morgan fingerprint density at radius 2 is 1.85 bits per heavy atom. The lowest BCUT2D eigenvalue weighted by molar-refractivity contribution is 0.174. The lowest BCUT2D eigenvalue weighted by Gasteiger charge is -2.12. The highest BCUT2D eigenvalue weighted by molar-refractivity contribution is 7.92. The van der Waals surface area contributed by atoms with Crippen LogP contribution in [0.2, 0.25) is 5.02 Å². The summed E-state index contributed by atoms with van der Waals surface area (Å²) in [6, 6.07) is 11.3. The summed E-state index contributed by atoms with van der Waals surface area (Å²) in [6.07, 6.45) is 0. The van der Waals surface area contributed by atoms with Gasteiger partial charge < -0.3 is 20.3 Å². The van der Waals surface area contributed by atoms with Gasteiger partial charge in [-0.05, 0) is 42.0 Å². The molecular weight excluding hydrogens is 378 g/mol. The maximum Gasteiger partial charge on any atom is 0.231 e. The molecule has 4 rings (SSSR count). The summed E-state index contributed by atoms with van der Waals surface area (Å²) >= 11 is 5.87. The minimum absolute atomic E-state index is 0.0556. The molecule has 0 unspecified atom stereocenters. The molecule has 1 saturated carbocycles. The SMILES string of the molecule is NC[C@]1(CO)[C@H](c2ccc3c(c2)OCO3)[C@@H]1S(=O)(=O)c1ccc(Cl)cc1. The van der Waals surface area contributed by atoms with E-state index in [-0.39, 0.29) is 24.8 Å². The maximum absolute atomic E-state index is 13.2. The molecule has 6 nitrogen and oxygen atoms in total. The molecular formula is C18H18ClNO5S. The van der Waals surface area contributed by atoms with Crippen LogP contribution in [0, 0.1) is 5.41 Å². The molecule has 138 valence electrons. The number of benzene rings is 2. The number of rotatable bonds is 5. The van der Waals surface area contributed by atoms with Gasteiger partial charge in [0.05, 0.1) is 16.8 Å². The fourth-order valence-electron chi connectivity index (χ4n) is 3.82. The molecule has 0 spiro atoms. The van der Waals surface area contributed by atoms with Gasteiger partial charge >= 0.3 is 0 Å². The first-order valence-corrected chi connectivity index (χ1v) is 10.1. The Bertz CT molecular complexity index is 941. The lowest BCUT2D eigenvalue weighted by Crippen LogP contribution is -2.27. The van der Waals surface area contributed by atoms with E-state index in [0.717, 1.165) is 5.56 Å². The van der Waals surface area contributed by atoms with Gasteiger partial charge in [0.15, 0.2) is 21.3 Å². The van der Waals surface area contributed by atoms with Crippen molar-refractivity contribution in [2.45, 2.75) is 16.1 Å². The van der Waals surface area contributed by atoms with Crippen molar-refractivity contribution in [2.75, 3.05) is 19.9 Å². The number of halogens is 1. The highest BCUT2D eigenvalue weighted by Crippen LogP contribution is 2.63. The Kier molecular flexibility index (Phi) is 4.15. The van der Waals surface area contributed by atoms with Crippen LogP contribution >= 0.6 is 11.6 Å². The zero-order valence-corrected chi connectivity index (χ0v) is 15.3. The van der Waals surface area contributed by atoms with E-state index in [2.05, 4.69) is 0 Å². The Morgan fingerprint density at radius 3 is 2.50 bits per heavy atom. The average Bonchev–Trinajstić information content (AvgIpc) is 3.12. The third kappa shape index (κ3) is 2.50. The monoisotopic (exact) mass is 395 g/mol. The fourth-order valence-corrected chi connectivity index (χ4v) is 6.40. The zero-order valence-electron chi connectivity index (χ0n) is 13.8. The van der Waals surface area contributed by atoms with Crippen LogP contribution in [0.25, 0.3) is 0 Å². The average molecular weight is 396 g/mol. The molecule has 0 aromatic heterocycles. The molecule has 0 bridgehead atoms. The number of ether oxygens (including phenoxy) is 2. The third-order valence-corrected chi connectivity index (χ3v) is 7.88. The Hall–Kier alpha value is -1.80. The van der Waals surface area contributed by atoms with Crippen molar-refractivity contribution in [3.63, 3.8) is 0 Å². The quantitative estimate of drug-likeness (QED) is 0.802. The molecule has 0 amide bonds. The predicted octanol–water partition coefficient (Wildman–Crippen LogP) is 1.95. The van der Waals surface area contributed by atoms with Crippen LogP contribution in [0.5, 0.6) is 11.5 Å². The van der Waals surface area contributed by atoms with Gasteiger partial charge in [0.1, 0.15) is 0 Å². The first-order chi connectivity index (χ1) is 12.4. The highest BCUT2D eigenvalue weighted by Gasteiger charge is 2.70. The highest BCUT2D eigenvalue weighted by atomic mass is 35.5. The predicted molar refractivity (Wildman–Crippen MR) is 96.3 cm³/mol. The normalized spacial score (nSPS) is 26.7. The molecule has 1 fully saturated rings. The van der Waals surface area contributed by atoms with Gasteiger partial charge in [-0.25, -0.2) is 8.42 Å². The molecule has 1 aliphatic heterocycles. The van der Waals surface area contributed by atoms with Crippen LogP contribution in [0.15, 0.2) is 47.4 Å². The van der Waals surface area contributed by atoms with E-state index in [1.807, 2.05) is 0 Å². The molecule has 8 heteroatoms. The van der Waals surface area contributed by atoms with Crippen molar-refractivity contribution < 1.29 is 23.0 Å². The van der Waals surface area contributed by atoms with Gasteiger partial charge in [0, 0.05) is 22.9 Å². The van der Waals surface area contributed by atoms with Crippen molar-refractivity contribution in [2.24, 2.45) is 11.1 Å². The summed E-state index contributed by atoms with van der Waals surface area (Å²) < 4.78 is 37.1. The number of nitrogens with two attached hydrogens (primary N) is 1. The van der Waals surface area contributed by atoms with Crippen LogP contribution in [-0.2, 0) is 9.84 Å². The molecule has 3 atom stereocenters. The molecule has 26 heavy (non-hydrogen) atoms. The fraction of sp³-hybridized carbons (Fsp3) is 0.333. The largest absolute Gasteiger partial charge is 0.454 e. The van der Waals surface area contributed by atoms with Gasteiger partial charge in [-0.3, -0.25) is 0 Å². The van der Waals surface area contributed by atoms with E-state index in [4.69, 9.17) is 26.8 Å². The Balaban J connectivity index is 1.76. The molecule has 2 aromatic carbocycles. The summed E-state index contributed by atoms with van der Waals surface area (Å²) in [4.78, 5) is 0.168. The van der Waals surface area contributed by atoms with Gasteiger partial charge in [-0.2, -0.15) is 0 Å². The molecule has 2 aromatic rings. The van der Waals surface area contributed by atoms with E-state index >= 15 is 0 Å². The van der Waals surface area contributed by atoms with E-state index in [1.165, 1.54) is 24.3 Å². The molecule has 0 radical (unpaired) electrons. The number of hydrogen-bond donors (Lipinski definition) is 2. The van der Waals surface area contributed by atoms with Gasteiger partial charge in [-0.15, -0.1) is 0 Å². The first-order valence-electron chi connectivity index (χ1n) is 8.14. The minimum Gasteiger partial charge on any atom is -0.454 e. The second kappa shape index (κ2) is 6.13. The minimum atomic E-state index is -3.70. The smallest absolute Gasteiger partial charge is 0.231 e. The Labute approximate surface area is 156 Å². The summed E-state index contributed by atoms with van der Waals surface area (Å²) in [5.41, 5.74) is 5.74. The van der Waals surface area contributed by atoms with Crippen LogP contribution in [-0.4, -0.2) is 38.7 Å². The molecule has 0 saturated heterocycles. The van der Waals surface area contributed by atoms with Crippen molar-refractivity contribution in [3.05, 3.63) is 53.1 Å². The van der Waals surface area contributed by atoms with Crippen LogP contribution < -0.4 is 15.2 Å². The van der Waals surface area contributed by atoms with Crippen molar-refractivity contribution in [3.8, 4) is 11.5 Å². The number of aliphatic hydroxyl groups excluding tert-OH is 1. The Morgan fingerprint density at radius 1 is 1.15 bits per heavy atom. The van der Waals surface area contributed by atoms with E-state index in [9.17, 15) is 13.5 Å². The van der Waals surface area contributed by atoms with Crippen molar-refractivity contribution in [1.82, 2.24) is 0 Å². The van der Waals surface area contributed by atoms with Crippen molar-refractivity contribution in [1.29, 1.82) is 0 Å². The second-order valence-corrected chi connectivity index (χ2v) is 9.11. The van der Waals surface area contributed by atoms with E-state index in [0.29, 0.717) is 16.5 Å². The van der Waals surface area contributed by atoms with Crippen LogP contribution in [0.4, 0.5) is 0 Å². The van der Waals surface area contributed by atoms with Gasteiger partial charge in [-0.1, -0.05) is 17.7 Å². The number of sulfone groups is 1. The first kappa shape index (κ1) is 17.6. The number of hydrogen-bond acceptors (Lipinski definition) is 6. The maximum atomic E-state index is 13.2. The van der Waals surface area contributed by atoms with E-state index in [1.54, 1.807) is 18.2 Å². The molecule has 2 aliphatic rings. The van der Waals surface area contributed by atoms with Crippen molar-refractivity contribution >= 4 is 21.4 Å². The molecule has 1 aliphatic carbocycles. The summed E-state index contributed by atoms with van der Waals surface area (Å²) in [7, 11) is -3.70. The standard InChI is InChI=1S/C18H18ClNO5S/c19-12-2-4-13(5-3-12)26(22,23)17-16(18(17,8-20)9-21)11-1-6-14-15(7-11)25-10-24-14/h1-7,16-17,21H,8-10,20H2/t16-,17+,18+/m1/s1. The number of fused-ring (bicyclic) bond motifs is 1. The van der Waals surface area contributed by atoms with Crippen LogP contribution in [0.1, 0.15) is 11.5 Å². The summed E-state index contributed by atoms with van der Waals surface area (Å²) in [6.45, 7) is -0.127. The molecule has 1 heterocycles. The van der Waals surface area contributed by atoms with Gasteiger partial charge in [0.25, 0.3) is 0 Å². The third-order valence-electron chi connectivity index (χ3n) is 5.29.